The summed E-state index contributed by atoms with van der Waals surface area (Å²) >= 11 is 0. The number of nitrogens with zero attached hydrogens (tertiary/aromatic N) is 1. The number of hydrogen-bond acceptors (Lipinski definition) is 7. The zero-order valence-electron chi connectivity index (χ0n) is 22.4. The summed E-state index contributed by atoms with van der Waals surface area (Å²) in [6.45, 7) is 6.43. The first-order valence-corrected chi connectivity index (χ1v) is 14.3. The van der Waals surface area contributed by atoms with Crippen LogP contribution in [0.15, 0.2) is 76.6 Å². The van der Waals surface area contributed by atoms with E-state index in [0.29, 0.717) is 24.0 Å². The van der Waals surface area contributed by atoms with E-state index in [1.165, 1.54) is 31.2 Å². The Morgan fingerprint density at radius 1 is 1.05 bits per heavy atom. The van der Waals surface area contributed by atoms with Gasteiger partial charge in [-0.05, 0) is 99.2 Å². The number of sulfonamides is 1. The van der Waals surface area contributed by atoms with Crippen LogP contribution >= 0.6 is 0 Å². The minimum Gasteiger partial charge on any atom is -0.493 e. The van der Waals surface area contributed by atoms with Gasteiger partial charge in [0.25, 0.3) is 21.5 Å². The molecule has 2 heterocycles. The van der Waals surface area contributed by atoms with Crippen molar-refractivity contribution >= 4 is 15.9 Å². The first kappa shape index (κ1) is 27.1. The number of amides is 1. The predicted molar refractivity (Wildman–Crippen MR) is 155 cm³/mol. The highest BCUT2D eigenvalue weighted by molar-refractivity contribution is 7.90. The topological polar surface area (TPSA) is 127 Å². The number of ether oxygens (including phenoxy) is 2. The van der Waals surface area contributed by atoms with E-state index in [9.17, 15) is 18.0 Å². The molecular formula is C30H33N3O6S. The van der Waals surface area contributed by atoms with Gasteiger partial charge in [-0.3, -0.25) is 9.59 Å². The average Bonchev–Trinajstić information content (AvgIpc) is 3.74. The van der Waals surface area contributed by atoms with Gasteiger partial charge in [0.1, 0.15) is 17.1 Å². The largest absolute Gasteiger partial charge is 0.493 e. The molecule has 2 N–H and O–H groups in total. The number of aryl methyl sites for hydroxylation is 3. The molecule has 210 valence electrons. The van der Waals surface area contributed by atoms with Gasteiger partial charge in [-0.2, -0.15) is 0 Å². The van der Waals surface area contributed by atoms with Gasteiger partial charge >= 0.3 is 0 Å². The smallest absolute Gasteiger partial charge is 0.270 e. The molecule has 1 fully saturated rings. The summed E-state index contributed by atoms with van der Waals surface area (Å²) in [6.07, 6.45) is 3.71. The Bertz CT molecular complexity index is 1730. The number of pyridine rings is 2. The molecule has 4 aromatic rings. The van der Waals surface area contributed by atoms with Crippen LogP contribution in [-0.2, 0) is 10.0 Å². The minimum atomic E-state index is -4.46. The van der Waals surface area contributed by atoms with Crippen LogP contribution in [0.2, 0.25) is 0 Å². The van der Waals surface area contributed by atoms with E-state index in [1.807, 2.05) is 61.9 Å². The van der Waals surface area contributed by atoms with Gasteiger partial charge in [-0.1, -0.05) is 17.7 Å². The number of nitrogens with one attached hydrogen (secondary N) is 2. The standard InChI is InChI=1S/C30H29N3O6S.2H2/c1-18-15-19(2)27(20(3)16-18)39-30-24(28(34)33-40(36,37)26-5-4-14-31-29(26)35)12-13-25(32-30)22-8-10-23(11-9-22)38-17-21-6-7-21;;/h4-5,8-16,21H,6-7,17H2,1-3H3,(H,31,35)(H,33,34);2*1H. The molecule has 1 amide bonds. The third kappa shape index (κ3) is 6.07. The Kier molecular flexibility index (Phi) is 7.44. The monoisotopic (exact) mass is 563 g/mol. The van der Waals surface area contributed by atoms with Crippen molar-refractivity contribution in [1.29, 1.82) is 0 Å². The molecule has 40 heavy (non-hydrogen) atoms. The number of H-pyrrole nitrogens is 1. The second-order valence-corrected chi connectivity index (χ2v) is 11.6. The SMILES string of the molecule is Cc1cc(C)c(Oc2nc(-c3ccc(OCC4CC4)cc3)ccc2C(=O)NS(=O)(=O)c2ccc[nH]c2=O)c(C)c1.[HH].[HH]. The molecule has 0 aliphatic heterocycles. The molecule has 2 aromatic carbocycles. The lowest BCUT2D eigenvalue weighted by Gasteiger charge is -2.16. The highest BCUT2D eigenvalue weighted by Gasteiger charge is 2.26. The van der Waals surface area contributed by atoms with Gasteiger partial charge in [0.15, 0.2) is 4.90 Å². The summed E-state index contributed by atoms with van der Waals surface area (Å²) in [5, 5.41) is 0. The summed E-state index contributed by atoms with van der Waals surface area (Å²) in [5.41, 5.74) is 3.03. The second-order valence-electron chi connectivity index (χ2n) is 9.96. The Balaban J connectivity index is 0.00000242. The van der Waals surface area contributed by atoms with E-state index >= 15 is 0 Å². The summed E-state index contributed by atoms with van der Waals surface area (Å²) in [7, 11) is -4.46. The fourth-order valence-corrected chi connectivity index (χ4v) is 5.37. The minimum absolute atomic E-state index is 0. The molecule has 1 aliphatic carbocycles. The van der Waals surface area contributed by atoms with E-state index in [2.05, 4.69) is 9.97 Å². The van der Waals surface area contributed by atoms with Crippen molar-refractivity contribution in [3.63, 3.8) is 0 Å². The van der Waals surface area contributed by atoms with Crippen LogP contribution in [0.25, 0.3) is 11.3 Å². The van der Waals surface area contributed by atoms with Crippen molar-refractivity contribution in [2.45, 2.75) is 38.5 Å². The van der Waals surface area contributed by atoms with Crippen molar-refractivity contribution in [1.82, 2.24) is 14.7 Å². The number of carbonyl (C=O) groups is 1. The summed E-state index contributed by atoms with van der Waals surface area (Å²) in [4.78, 5) is 31.7. The number of aromatic amines is 1. The average molecular weight is 564 g/mol. The summed E-state index contributed by atoms with van der Waals surface area (Å²) < 4.78 is 39.7. The molecule has 9 nitrogen and oxygen atoms in total. The van der Waals surface area contributed by atoms with Gasteiger partial charge in [0.2, 0.25) is 5.88 Å². The molecule has 0 radical (unpaired) electrons. The van der Waals surface area contributed by atoms with Gasteiger partial charge in [-0.25, -0.2) is 18.1 Å². The first-order valence-electron chi connectivity index (χ1n) is 12.9. The number of aromatic nitrogens is 2. The van der Waals surface area contributed by atoms with Crippen LogP contribution in [0, 0.1) is 26.7 Å². The van der Waals surface area contributed by atoms with Crippen molar-refractivity contribution in [2.24, 2.45) is 5.92 Å². The molecule has 0 bridgehead atoms. The van der Waals surface area contributed by atoms with Crippen LogP contribution in [0.1, 0.15) is 42.7 Å². The second kappa shape index (κ2) is 11.0. The predicted octanol–water partition coefficient (Wildman–Crippen LogP) is 5.55. The number of hydrogen-bond donors (Lipinski definition) is 2. The number of carbonyl (C=O) groups excluding carboxylic acids is 1. The number of benzene rings is 2. The van der Waals surface area contributed by atoms with Crippen molar-refractivity contribution in [3.8, 4) is 28.6 Å². The lowest BCUT2D eigenvalue weighted by molar-refractivity contribution is 0.0978. The molecular weight excluding hydrogens is 530 g/mol. The zero-order chi connectivity index (χ0) is 28.4. The van der Waals surface area contributed by atoms with Crippen molar-refractivity contribution in [3.05, 3.63) is 99.5 Å². The maximum absolute atomic E-state index is 13.3. The molecule has 0 unspecified atom stereocenters. The van der Waals surface area contributed by atoms with Crippen LogP contribution in [0.5, 0.6) is 17.4 Å². The van der Waals surface area contributed by atoms with Gasteiger partial charge in [0, 0.05) is 14.6 Å². The molecule has 0 atom stereocenters. The highest BCUT2D eigenvalue weighted by Crippen LogP contribution is 2.33. The van der Waals surface area contributed by atoms with E-state index < -0.39 is 26.4 Å². The third-order valence-electron chi connectivity index (χ3n) is 6.54. The lowest BCUT2D eigenvalue weighted by Crippen LogP contribution is -2.34. The highest BCUT2D eigenvalue weighted by atomic mass is 32.2. The Hall–Kier alpha value is -4.44. The van der Waals surface area contributed by atoms with Crippen LogP contribution in [0.4, 0.5) is 0 Å². The zero-order valence-corrected chi connectivity index (χ0v) is 23.2. The Morgan fingerprint density at radius 2 is 1.75 bits per heavy atom. The third-order valence-corrected chi connectivity index (χ3v) is 7.89. The van der Waals surface area contributed by atoms with Crippen LogP contribution < -0.4 is 19.8 Å². The van der Waals surface area contributed by atoms with Gasteiger partial charge in [0.05, 0.1) is 12.3 Å². The molecule has 1 aliphatic rings. The van der Waals surface area contributed by atoms with E-state index in [-0.39, 0.29) is 14.3 Å². The summed E-state index contributed by atoms with van der Waals surface area (Å²) in [5.74, 6) is 0.850. The van der Waals surface area contributed by atoms with Gasteiger partial charge in [-0.15, -0.1) is 0 Å². The molecule has 2 aromatic heterocycles. The number of rotatable bonds is 9. The quantitative estimate of drug-likeness (QED) is 0.273. The van der Waals surface area contributed by atoms with Crippen molar-refractivity contribution < 1.29 is 25.5 Å². The van der Waals surface area contributed by atoms with Crippen molar-refractivity contribution in [2.75, 3.05) is 6.61 Å². The Labute approximate surface area is 235 Å². The van der Waals surface area contributed by atoms with E-state index in [1.54, 1.807) is 6.07 Å². The Morgan fingerprint density at radius 3 is 2.40 bits per heavy atom. The maximum atomic E-state index is 13.3. The maximum Gasteiger partial charge on any atom is 0.270 e. The molecule has 10 heteroatoms. The van der Waals surface area contributed by atoms with Gasteiger partial charge < -0.3 is 14.5 Å². The van der Waals surface area contributed by atoms with Crippen LogP contribution in [-0.4, -0.2) is 30.9 Å². The van der Waals surface area contributed by atoms with E-state index in [4.69, 9.17) is 9.47 Å². The van der Waals surface area contributed by atoms with E-state index in [0.717, 1.165) is 34.1 Å². The fourth-order valence-electron chi connectivity index (χ4n) is 4.35. The normalized spacial score (nSPS) is 13.1. The fraction of sp³-hybridized carbons (Fsp3) is 0.233. The molecule has 5 rings (SSSR count). The lowest BCUT2D eigenvalue weighted by atomic mass is 10.1. The molecule has 0 saturated heterocycles. The first-order chi connectivity index (χ1) is 19.1. The summed E-state index contributed by atoms with van der Waals surface area (Å²) in [6, 6.07) is 16.9. The molecule has 0 spiro atoms. The molecule has 1 saturated carbocycles. The van der Waals surface area contributed by atoms with Crippen LogP contribution in [0.3, 0.4) is 0 Å².